The van der Waals surface area contributed by atoms with Crippen LogP contribution in [0, 0.1) is 34.5 Å². The van der Waals surface area contributed by atoms with Crippen LogP contribution in [0.4, 0.5) is 0 Å². The third-order valence-corrected chi connectivity index (χ3v) is 5.57. The van der Waals surface area contributed by atoms with E-state index in [-0.39, 0.29) is 0 Å². The molecule has 2 aliphatic rings. The highest BCUT2D eigenvalue weighted by Gasteiger charge is 2.55. The predicted molar refractivity (Wildman–Crippen MR) is 72.8 cm³/mol. The van der Waals surface area contributed by atoms with E-state index in [2.05, 4.69) is 26.8 Å². The minimum absolute atomic E-state index is 0.458. The quantitative estimate of drug-likeness (QED) is 0.806. The SMILES string of the molecule is CC1CCC(C#N)(C2(O)CCCC(C(C)C)C2)C1. The van der Waals surface area contributed by atoms with Crippen LogP contribution in [0.1, 0.15) is 65.7 Å². The van der Waals surface area contributed by atoms with Crippen molar-refractivity contribution in [2.45, 2.75) is 71.3 Å². The van der Waals surface area contributed by atoms with Gasteiger partial charge in [-0.2, -0.15) is 5.26 Å². The van der Waals surface area contributed by atoms with Crippen molar-refractivity contribution in [1.82, 2.24) is 0 Å². The maximum absolute atomic E-state index is 11.1. The van der Waals surface area contributed by atoms with Gasteiger partial charge in [0.25, 0.3) is 0 Å². The Morgan fingerprint density at radius 1 is 1.22 bits per heavy atom. The summed E-state index contributed by atoms with van der Waals surface area (Å²) >= 11 is 0. The highest BCUT2D eigenvalue weighted by atomic mass is 16.3. The van der Waals surface area contributed by atoms with E-state index in [4.69, 9.17) is 0 Å². The summed E-state index contributed by atoms with van der Waals surface area (Å²) in [5, 5.41) is 20.8. The van der Waals surface area contributed by atoms with Crippen LogP contribution in [0.5, 0.6) is 0 Å². The molecule has 0 amide bonds. The zero-order chi connectivity index (χ0) is 13.4. The van der Waals surface area contributed by atoms with Gasteiger partial charge in [-0.15, -0.1) is 0 Å². The first kappa shape index (κ1) is 13.9. The van der Waals surface area contributed by atoms with Gasteiger partial charge in [0.15, 0.2) is 0 Å². The molecule has 2 aliphatic carbocycles. The average Bonchev–Trinajstić information content (AvgIpc) is 2.73. The summed E-state index contributed by atoms with van der Waals surface area (Å²) in [6, 6.07) is 2.53. The monoisotopic (exact) mass is 249 g/mol. The molecule has 2 rings (SSSR count). The summed E-state index contributed by atoms with van der Waals surface area (Å²) < 4.78 is 0. The van der Waals surface area contributed by atoms with Crippen LogP contribution in [0.25, 0.3) is 0 Å². The van der Waals surface area contributed by atoms with E-state index in [0.717, 1.165) is 38.5 Å². The van der Waals surface area contributed by atoms with Gasteiger partial charge in [-0.25, -0.2) is 0 Å². The lowest BCUT2D eigenvalue weighted by Gasteiger charge is -2.46. The molecule has 0 saturated heterocycles. The van der Waals surface area contributed by atoms with Gasteiger partial charge in [0.2, 0.25) is 0 Å². The molecule has 0 spiro atoms. The summed E-state index contributed by atoms with van der Waals surface area (Å²) in [6.45, 7) is 6.70. The second kappa shape index (κ2) is 4.85. The van der Waals surface area contributed by atoms with Gasteiger partial charge in [0.05, 0.1) is 17.1 Å². The largest absolute Gasteiger partial charge is 0.388 e. The van der Waals surface area contributed by atoms with Crippen molar-refractivity contribution in [2.75, 3.05) is 0 Å². The van der Waals surface area contributed by atoms with E-state index in [1.54, 1.807) is 0 Å². The molecular weight excluding hydrogens is 222 g/mol. The van der Waals surface area contributed by atoms with Crippen molar-refractivity contribution >= 4 is 0 Å². The van der Waals surface area contributed by atoms with E-state index in [9.17, 15) is 10.4 Å². The highest BCUT2D eigenvalue weighted by molar-refractivity contribution is 5.15. The third-order valence-electron chi connectivity index (χ3n) is 5.57. The van der Waals surface area contributed by atoms with Gasteiger partial charge in [-0.1, -0.05) is 27.2 Å². The molecule has 2 saturated carbocycles. The molecule has 0 heterocycles. The molecule has 2 heteroatoms. The Morgan fingerprint density at radius 2 is 1.94 bits per heavy atom. The summed E-state index contributed by atoms with van der Waals surface area (Å²) in [5.41, 5.74) is -1.18. The third kappa shape index (κ3) is 2.18. The van der Waals surface area contributed by atoms with Crippen LogP contribution in [-0.4, -0.2) is 10.7 Å². The fraction of sp³-hybridized carbons (Fsp3) is 0.938. The second-order valence-corrected chi connectivity index (χ2v) is 7.17. The average molecular weight is 249 g/mol. The molecule has 1 N–H and O–H groups in total. The summed E-state index contributed by atoms with van der Waals surface area (Å²) in [5.74, 6) is 1.80. The van der Waals surface area contributed by atoms with Crippen molar-refractivity contribution in [3.05, 3.63) is 0 Å². The smallest absolute Gasteiger partial charge is 0.0863 e. The molecule has 0 aliphatic heterocycles. The maximum Gasteiger partial charge on any atom is 0.0863 e. The predicted octanol–water partition coefficient (Wildman–Crippen LogP) is 3.89. The first-order chi connectivity index (χ1) is 8.42. The zero-order valence-corrected chi connectivity index (χ0v) is 12.1. The Morgan fingerprint density at radius 3 is 2.44 bits per heavy atom. The topological polar surface area (TPSA) is 44.0 Å². The molecule has 0 aromatic rings. The zero-order valence-electron chi connectivity index (χ0n) is 12.1. The Hall–Kier alpha value is -0.550. The minimum atomic E-state index is -0.723. The van der Waals surface area contributed by atoms with E-state index in [0.29, 0.717) is 17.8 Å². The minimum Gasteiger partial charge on any atom is -0.388 e. The van der Waals surface area contributed by atoms with E-state index in [1.807, 2.05) is 0 Å². The summed E-state index contributed by atoms with van der Waals surface area (Å²) in [6.07, 6.45) is 6.86. The standard InChI is InChI=1S/C16H27NO/c1-12(2)14-5-4-7-16(18,10-14)15(11-17)8-6-13(3)9-15/h12-14,18H,4-10H2,1-3H3. The van der Waals surface area contributed by atoms with Gasteiger partial charge in [0.1, 0.15) is 0 Å². The number of rotatable bonds is 2. The lowest BCUT2D eigenvalue weighted by atomic mass is 9.61. The van der Waals surface area contributed by atoms with Gasteiger partial charge >= 0.3 is 0 Å². The first-order valence-electron chi connectivity index (χ1n) is 7.56. The van der Waals surface area contributed by atoms with Crippen LogP contribution in [0.3, 0.4) is 0 Å². The molecule has 0 aromatic heterocycles. The Kier molecular flexibility index (Phi) is 3.74. The van der Waals surface area contributed by atoms with Crippen LogP contribution in [0.2, 0.25) is 0 Å². The molecule has 2 fully saturated rings. The van der Waals surface area contributed by atoms with Gasteiger partial charge in [-0.3, -0.25) is 0 Å². The molecular formula is C16H27NO. The van der Waals surface area contributed by atoms with Crippen LogP contribution >= 0.6 is 0 Å². The fourth-order valence-corrected chi connectivity index (χ4v) is 4.22. The van der Waals surface area contributed by atoms with Crippen molar-refractivity contribution in [2.24, 2.45) is 23.2 Å². The van der Waals surface area contributed by atoms with Crippen molar-refractivity contribution in [3.8, 4) is 6.07 Å². The molecule has 18 heavy (non-hydrogen) atoms. The molecule has 102 valence electrons. The maximum atomic E-state index is 11.1. The normalized spacial score (nSPS) is 45.1. The second-order valence-electron chi connectivity index (χ2n) is 7.17. The fourth-order valence-electron chi connectivity index (χ4n) is 4.22. The van der Waals surface area contributed by atoms with E-state index < -0.39 is 11.0 Å². The lowest BCUT2D eigenvalue weighted by Crippen LogP contribution is -2.50. The molecule has 0 bridgehead atoms. The Labute approximate surface area is 111 Å². The molecule has 2 nitrogen and oxygen atoms in total. The number of nitriles is 1. The number of hydrogen-bond acceptors (Lipinski definition) is 2. The Balaban J connectivity index is 2.21. The van der Waals surface area contributed by atoms with Gasteiger partial charge in [-0.05, 0) is 56.3 Å². The van der Waals surface area contributed by atoms with Gasteiger partial charge in [0, 0.05) is 0 Å². The van der Waals surface area contributed by atoms with Crippen LogP contribution in [-0.2, 0) is 0 Å². The number of aliphatic hydroxyl groups is 1. The molecule has 0 radical (unpaired) electrons. The number of nitrogens with zero attached hydrogens (tertiary/aromatic N) is 1. The van der Waals surface area contributed by atoms with Crippen molar-refractivity contribution < 1.29 is 5.11 Å². The van der Waals surface area contributed by atoms with Crippen molar-refractivity contribution in [3.63, 3.8) is 0 Å². The first-order valence-corrected chi connectivity index (χ1v) is 7.56. The lowest BCUT2D eigenvalue weighted by molar-refractivity contribution is -0.100. The molecule has 4 unspecified atom stereocenters. The highest BCUT2D eigenvalue weighted by Crippen LogP contribution is 2.55. The van der Waals surface area contributed by atoms with Gasteiger partial charge < -0.3 is 5.11 Å². The van der Waals surface area contributed by atoms with Crippen LogP contribution in [0.15, 0.2) is 0 Å². The van der Waals surface area contributed by atoms with E-state index in [1.165, 1.54) is 6.42 Å². The molecule has 4 atom stereocenters. The Bertz CT molecular complexity index is 345. The van der Waals surface area contributed by atoms with Crippen molar-refractivity contribution in [1.29, 1.82) is 5.26 Å². The van der Waals surface area contributed by atoms with E-state index >= 15 is 0 Å². The summed E-state index contributed by atoms with van der Waals surface area (Å²) in [4.78, 5) is 0. The summed E-state index contributed by atoms with van der Waals surface area (Å²) in [7, 11) is 0. The molecule has 0 aromatic carbocycles. The number of hydrogen-bond donors (Lipinski definition) is 1. The van der Waals surface area contributed by atoms with Crippen LogP contribution < -0.4 is 0 Å².